The summed E-state index contributed by atoms with van der Waals surface area (Å²) in [6.07, 6.45) is 2.38. The number of halogens is 1. The smallest absolute Gasteiger partial charge is 0.130 e. The first kappa shape index (κ1) is 10.6. The van der Waals surface area contributed by atoms with Crippen LogP contribution in [-0.2, 0) is 5.67 Å². The summed E-state index contributed by atoms with van der Waals surface area (Å²) >= 11 is 0. The largest absolute Gasteiger partial charge is 0.310 e. The van der Waals surface area contributed by atoms with E-state index in [1.165, 1.54) is 12.0 Å². The van der Waals surface area contributed by atoms with E-state index in [0.717, 1.165) is 18.5 Å². The normalized spacial score (nSPS) is 21.9. The molecule has 1 nitrogen and oxygen atoms in total. The molecule has 82 valence electrons. The molecule has 1 N–H and O–H groups in total. The van der Waals surface area contributed by atoms with Gasteiger partial charge in [-0.2, -0.15) is 0 Å². The van der Waals surface area contributed by atoms with E-state index in [0.29, 0.717) is 6.04 Å². The third-order valence-electron chi connectivity index (χ3n) is 3.04. The van der Waals surface area contributed by atoms with Gasteiger partial charge in [0.15, 0.2) is 0 Å². The molecule has 0 amide bonds. The van der Waals surface area contributed by atoms with E-state index in [4.69, 9.17) is 0 Å². The highest BCUT2D eigenvalue weighted by Crippen LogP contribution is 2.29. The van der Waals surface area contributed by atoms with Gasteiger partial charge in [-0.25, -0.2) is 4.39 Å². The standard InChI is InChI=1S/C13H18FN/c1-13(2,14)11-6-3-5-10(9-11)12-7-4-8-15-12/h3,5-6,9,12,15H,4,7-8H2,1-2H3. The van der Waals surface area contributed by atoms with Crippen LogP contribution in [0.2, 0.25) is 0 Å². The third kappa shape index (κ3) is 2.37. The van der Waals surface area contributed by atoms with Crippen LogP contribution in [0.15, 0.2) is 24.3 Å². The highest BCUT2D eigenvalue weighted by Gasteiger charge is 2.21. The fraction of sp³-hybridized carbons (Fsp3) is 0.538. The molecule has 2 rings (SSSR count). The Labute approximate surface area is 90.7 Å². The van der Waals surface area contributed by atoms with Gasteiger partial charge in [0.1, 0.15) is 5.67 Å². The predicted octanol–water partition coefficient (Wildman–Crippen LogP) is 3.32. The predicted molar refractivity (Wildman–Crippen MR) is 60.6 cm³/mol. The topological polar surface area (TPSA) is 12.0 Å². The van der Waals surface area contributed by atoms with Crippen molar-refractivity contribution in [2.24, 2.45) is 0 Å². The molecule has 1 unspecified atom stereocenters. The summed E-state index contributed by atoms with van der Waals surface area (Å²) in [5.74, 6) is 0. The van der Waals surface area contributed by atoms with Crippen molar-refractivity contribution < 1.29 is 4.39 Å². The van der Waals surface area contributed by atoms with Gasteiger partial charge >= 0.3 is 0 Å². The maximum atomic E-state index is 13.8. The number of rotatable bonds is 2. The molecule has 1 fully saturated rings. The van der Waals surface area contributed by atoms with Crippen LogP contribution < -0.4 is 5.32 Å². The van der Waals surface area contributed by atoms with Crippen molar-refractivity contribution in [1.29, 1.82) is 0 Å². The highest BCUT2D eigenvalue weighted by atomic mass is 19.1. The molecule has 1 aliphatic rings. The van der Waals surface area contributed by atoms with Gasteiger partial charge in [0.25, 0.3) is 0 Å². The fourth-order valence-corrected chi connectivity index (χ4v) is 2.09. The summed E-state index contributed by atoms with van der Waals surface area (Å²) < 4.78 is 13.8. The summed E-state index contributed by atoms with van der Waals surface area (Å²) in [7, 11) is 0. The van der Waals surface area contributed by atoms with Crippen LogP contribution in [0.3, 0.4) is 0 Å². The van der Waals surface area contributed by atoms with E-state index in [2.05, 4.69) is 11.4 Å². The lowest BCUT2D eigenvalue weighted by molar-refractivity contribution is 0.221. The van der Waals surface area contributed by atoms with Crippen LogP contribution in [0.5, 0.6) is 0 Å². The molecule has 1 saturated heterocycles. The average molecular weight is 207 g/mol. The molecule has 1 aliphatic heterocycles. The Balaban J connectivity index is 2.26. The summed E-state index contributed by atoms with van der Waals surface area (Å²) in [6.45, 7) is 4.29. The van der Waals surface area contributed by atoms with Crippen molar-refractivity contribution in [2.45, 2.75) is 38.4 Å². The molecule has 2 heteroatoms. The summed E-state index contributed by atoms with van der Waals surface area (Å²) in [6, 6.07) is 8.30. The lowest BCUT2D eigenvalue weighted by atomic mass is 9.95. The third-order valence-corrected chi connectivity index (χ3v) is 3.04. The van der Waals surface area contributed by atoms with Gasteiger partial charge in [0.05, 0.1) is 0 Å². The Hall–Kier alpha value is -0.890. The summed E-state index contributed by atoms with van der Waals surface area (Å²) in [4.78, 5) is 0. The van der Waals surface area contributed by atoms with Crippen LogP contribution in [0.25, 0.3) is 0 Å². The van der Waals surface area contributed by atoms with Crippen LogP contribution >= 0.6 is 0 Å². The SMILES string of the molecule is CC(C)(F)c1cccc(C2CCCN2)c1. The fourth-order valence-electron chi connectivity index (χ4n) is 2.09. The second-order valence-corrected chi connectivity index (χ2v) is 4.75. The van der Waals surface area contributed by atoms with Crippen molar-refractivity contribution in [1.82, 2.24) is 5.32 Å². The zero-order valence-electron chi connectivity index (χ0n) is 9.39. The minimum Gasteiger partial charge on any atom is -0.310 e. The zero-order valence-corrected chi connectivity index (χ0v) is 9.39. The lowest BCUT2D eigenvalue weighted by Crippen LogP contribution is -2.15. The van der Waals surface area contributed by atoms with Gasteiger partial charge in [-0.15, -0.1) is 0 Å². The molecule has 1 aromatic carbocycles. The van der Waals surface area contributed by atoms with Gasteiger partial charge in [-0.1, -0.05) is 24.3 Å². The lowest BCUT2D eigenvalue weighted by Gasteiger charge is -2.18. The Morgan fingerprint density at radius 3 is 2.80 bits per heavy atom. The number of hydrogen-bond acceptors (Lipinski definition) is 1. The zero-order chi connectivity index (χ0) is 10.9. The molecular weight excluding hydrogens is 189 g/mol. The van der Waals surface area contributed by atoms with E-state index in [1.807, 2.05) is 18.2 Å². The van der Waals surface area contributed by atoms with Gasteiger partial charge < -0.3 is 5.32 Å². The van der Waals surface area contributed by atoms with Crippen molar-refractivity contribution >= 4 is 0 Å². The maximum absolute atomic E-state index is 13.8. The molecular formula is C13H18FN. The van der Waals surface area contributed by atoms with Crippen LogP contribution in [0, 0.1) is 0 Å². The van der Waals surface area contributed by atoms with E-state index in [9.17, 15) is 4.39 Å². The van der Waals surface area contributed by atoms with E-state index in [-0.39, 0.29) is 0 Å². The number of alkyl halides is 1. The van der Waals surface area contributed by atoms with E-state index < -0.39 is 5.67 Å². The van der Waals surface area contributed by atoms with Crippen molar-refractivity contribution in [3.05, 3.63) is 35.4 Å². The molecule has 0 aromatic heterocycles. The molecule has 0 saturated carbocycles. The maximum Gasteiger partial charge on any atom is 0.130 e. The van der Waals surface area contributed by atoms with Crippen LogP contribution in [-0.4, -0.2) is 6.54 Å². The average Bonchev–Trinajstić information content (AvgIpc) is 2.69. The van der Waals surface area contributed by atoms with Crippen LogP contribution in [0.1, 0.15) is 43.9 Å². The molecule has 1 heterocycles. The summed E-state index contributed by atoms with van der Waals surface area (Å²) in [5.41, 5.74) is 0.749. The molecule has 15 heavy (non-hydrogen) atoms. The van der Waals surface area contributed by atoms with E-state index >= 15 is 0 Å². The monoisotopic (exact) mass is 207 g/mol. The van der Waals surface area contributed by atoms with Crippen molar-refractivity contribution in [3.63, 3.8) is 0 Å². The second-order valence-electron chi connectivity index (χ2n) is 4.75. The minimum atomic E-state index is -1.24. The van der Waals surface area contributed by atoms with Crippen molar-refractivity contribution in [3.8, 4) is 0 Å². The number of benzene rings is 1. The minimum absolute atomic E-state index is 0.423. The Morgan fingerprint density at radius 1 is 1.40 bits per heavy atom. The number of hydrogen-bond donors (Lipinski definition) is 1. The molecule has 0 spiro atoms. The first-order valence-corrected chi connectivity index (χ1v) is 5.60. The Bertz CT molecular complexity index is 335. The molecule has 0 bridgehead atoms. The summed E-state index contributed by atoms with van der Waals surface area (Å²) in [5, 5.41) is 3.43. The van der Waals surface area contributed by atoms with Gasteiger partial charge in [0, 0.05) is 6.04 Å². The molecule has 1 aromatic rings. The molecule has 1 atom stereocenters. The molecule has 0 aliphatic carbocycles. The highest BCUT2D eigenvalue weighted by molar-refractivity contribution is 5.29. The van der Waals surface area contributed by atoms with Crippen molar-refractivity contribution in [2.75, 3.05) is 6.54 Å². The Kier molecular flexibility index (Phi) is 2.79. The van der Waals surface area contributed by atoms with Crippen LogP contribution in [0.4, 0.5) is 4.39 Å². The molecule has 0 radical (unpaired) electrons. The first-order valence-electron chi connectivity index (χ1n) is 5.60. The van der Waals surface area contributed by atoms with Gasteiger partial charge in [0.2, 0.25) is 0 Å². The first-order chi connectivity index (χ1) is 7.07. The number of nitrogens with one attached hydrogen (secondary N) is 1. The Morgan fingerprint density at radius 2 is 2.20 bits per heavy atom. The quantitative estimate of drug-likeness (QED) is 0.784. The van der Waals surface area contributed by atoms with Gasteiger partial charge in [-0.05, 0) is 44.4 Å². The van der Waals surface area contributed by atoms with Gasteiger partial charge in [-0.3, -0.25) is 0 Å². The van der Waals surface area contributed by atoms with E-state index in [1.54, 1.807) is 13.8 Å². The second kappa shape index (κ2) is 3.93.